The van der Waals surface area contributed by atoms with Crippen LogP contribution in [0.5, 0.6) is 5.75 Å². The van der Waals surface area contributed by atoms with Crippen molar-refractivity contribution in [3.05, 3.63) is 28.8 Å². The quantitative estimate of drug-likeness (QED) is 0.804. The maximum Gasteiger partial charge on any atom is 0.123 e. The number of hydrogen-bond donors (Lipinski definition) is 2. The number of hydrogen-bond acceptors (Lipinski definition) is 2. The standard InChI is InChI=1S/C18H31NO.ClH/c1-8-9-15(19)12-10-13(17(2,3)4)16(20)14(11-12)18(5,6)7;/h10-11,15,20H,8-9,19H2,1-7H3;1H/t15-;/m0./s1. The molecule has 0 aromatic heterocycles. The topological polar surface area (TPSA) is 46.2 Å². The second-order valence-electron chi connectivity index (χ2n) is 7.86. The maximum atomic E-state index is 10.7. The molecular formula is C18H32ClNO. The van der Waals surface area contributed by atoms with E-state index in [2.05, 4.69) is 60.6 Å². The summed E-state index contributed by atoms with van der Waals surface area (Å²) in [6.07, 6.45) is 2.04. The van der Waals surface area contributed by atoms with E-state index >= 15 is 0 Å². The zero-order chi connectivity index (χ0) is 15.7. The predicted molar refractivity (Wildman–Crippen MR) is 94.6 cm³/mol. The molecule has 21 heavy (non-hydrogen) atoms. The van der Waals surface area contributed by atoms with Crippen LogP contribution in [0, 0.1) is 0 Å². The van der Waals surface area contributed by atoms with Gasteiger partial charge in [-0.3, -0.25) is 0 Å². The Bertz CT molecular complexity index is 434. The third-order valence-electron chi connectivity index (χ3n) is 3.78. The molecule has 122 valence electrons. The summed E-state index contributed by atoms with van der Waals surface area (Å²) in [5, 5.41) is 10.7. The van der Waals surface area contributed by atoms with Crippen LogP contribution in [0.25, 0.3) is 0 Å². The van der Waals surface area contributed by atoms with Crippen LogP contribution >= 0.6 is 12.4 Å². The minimum atomic E-state index is -0.0912. The lowest BCUT2D eigenvalue weighted by Crippen LogP contribution is -2.20. The fraction of sp³-hybridized carbons (Fsp3) is 0.667. The number of rotatable bonds is 3. The van der Waals surface area contributed by atoms with E-state index in [4.69, 9.17) is 5.73 Å². The first-order valence-corrected chi connectivity index (χ1v) is 7.62. The highest BCUT2D eigenvalue weighted by atomic mass is 35.5. The largest absolute Gasteiger partial charge is 0.507 e. The van der Waals surface area contributed by atoms with E-state index in [1.165, 1.54) is 0 Å². The molecule has 0 bridgehead atoms. The van der Waals surface area contributed by atoms with Gasteiger partial charge >= 0.3 is 0 Å². The van der Waals surface area contributed by atoms with Crippen LogP contribution in [-0.4, -0.2) is 5.11 Å². The Morgan fingerprint density at radius 2 is 1.38 bits per heavy atom. The van der Waals surface area contributed by atoms with Gasteiger partial charge in [0, 0.05) is 6.04 Å². The van der Waals surface area contributed by atoms with Gasteiger partial charge in [-0.1, -0.05) is 67.0 Å². The zero-order valence-corrected chi connectivity index (χ0v) is 15.4. The Labute approximate surface area is 136 Å². The van der Waals surface area contributed by atoms with Crippen molar-refractivity contribution in [2.45, 2.75) is 78.2 Å². The normalized spacial score (nSPS) is 13.7. The Hall–Kier alpha value is -0.730. The molecule has 2 nitrogen and oxygen atoms in total. The van der Waals surface area contributed by atoms with E-state index in [1.807, 2.05) is 0 Å². The van der Waals surface area contributed by atoms with Gasteiger partial charge in [-0.25, -0.2) is 0 Å². The number of benzene rings is 1. The van der Waals surface area contributed by atoms with Gasteiger partial charge < -0.3 is 10.8 Å². The van der Waals surface area contributed by atoms with Crippen molar-refractivity contribution in [2.24, 2.45) is 5.73 Å². The molecule has 1 atom stereocenters. The van der Waals surface area contributed by atoms with Gasteiger partial charge in [-0.15, -0.1) is 12.4 Å². The van der Waals surface area contributed by atoms with Crippen molar-refractivity contribution in [3.8, 4) is 5.75 Å². The van der Waals surface area contributed by atoms with Crippen LogP contribution in [0.15, 0.2) is 12.1 Å². The molecule has 0 aliphatic rings. The maximum absolute atomic E-state index is 10.7. The van der Waals surface area contributed by atoms with Crippen molar-refractivity contribution >= 4 is 12.4 Å². The average molecular weight is 314 g/mol. The molecule has 1 aromatic carbocycles. The lowest BCUT2D eigenvalue weighted by Gasteiger charge is -2.29. The van der Waals surface area contributed by atoms with Crippen molar-refractivity contribution in [3.63, 3.8) is 0 Å². The molecule has 0 aliphatic carbocycles. The summed E-state index contributed by atoms with van der Waals surface area (Å²) in [4.78, 5) is 0. The van der Waals surface area contributed by atoms with Gasteiger partial charge in [-0.2, -0.15) is 0 Å². The van der Waals surface area contributed by atoms with Crippen LogP contribution < -0.4 is 5.73 Å². The fourth-order valence-corrected chi connectivity index (χ4v) is 2.49. The highest BCUT2D eigenvalue weighted by Gasteiger charge is 2.27. The monoisotopic (exact) mass is 313 g/mol. The van der Waals surface area contributed by atoms with Crippen molar-refractivity contribution in [1.82, 2.24) is 0 Å². The van der Waals surface area contributed by atoms with Crippen LogP contribution in [-0.2, 0) is 10.8 Å². The molecule has 1 rings (SSSR count). The minimum Gasteiger partial charge on any atom is -0.507 e. The van der Waals surface area contributed by atoms with E-state index in [-0.39, 0.29) is 29.3 Å². The Morgan fingerprint density at radius 3 is 1.67 bits per heavy atom. The van der Waals surface area contributed by atoms with E-state index in [0.29, 0.717) is 5.75 Å². The molecule has 0 radical (unpaired) electrons. The third kappa shape index (κ3) is 4.89. The number of nitrogens with two attached hydrogens (primary N) is 1. The second-order valence-corrected chi connectivity index (χ2v) is 7.86. The third-order valence-corrected chi connectivity index (χ3v) is 3.78. The molecule has 0 saturated carbocycles. The number of phenols is 1. The molecule has 0 amide bonds. The number of phenolic OH excluding ortho intramolecular Hbond substituents is 1. The second kappa shape index (κ2) is 7.02. The van der Waals surface area contributed by atoms with E-state index in [0.717, 1.165) is 29.5 Å². The molecule has 0 heterocycles. The molecule has 0 fully saturated rings. The Morgan fingerprint density at radius 1 is 1.00 bits per heavy atom. The summed E-state index contributed by atoms with van der Waals surface area (Å²) in [6.45, 7) is 14.9. The van der Waals surface area contributed by atoms with Crippen molar-refractivity contribution < 1.29 is 5.11 Å². The van der Waals surface area contributed by atoms with Crippen LogP contribution in [0.2, 0.25) is 0 Å². The fourth-order valence-electron chi connectivity index (χ4n) is 2.49. The first-order valence-electron chi connectivity index (χ1n) is 7.62. The van der Waals surface area contributed by atoms with Crippen LogP contribution in [0.4, 0.5) is 0 Å². The Kier molecular flexibility index (Phi) is 6.78. The first kappa shape index (κ1) is 20.3. The molecule has 0 unspecified atom stereocenters. The van der Waals surface area contributed by atoms with Gasteiger partial charge in [0.25, 0.3) is 0 Å². The van der Waals surface area contributed by atoms with Crippen molar-refractivity contribution in [2.75, 3.05) is 0 Å². The molecule has 1 aromatic rings. The van der Waals surface area contributed by atoms with E-state index < -0.39 is 0 Å². The summed E-state index contributed by atoms with van der Waals surface area (Å²) in [6, 6.07) is 4.22. The highest BCUT2D eigenvalue weighted by Crippen LogP contribution is 2.40. The SMILES string of the molecule is CCC[C@H](N)c1cc(C(C)(C)C)c(O)c(C(C)(C)C)c1.Cl. The van der Waals surface area contributed by atoms with Gasteiger partial charge in [0.05, 0.1) is 0 Å². The molecule has 0 saturated heterocycles. The Balaban J connectivity index is 0.00000400. The lowest BCUT2D eigenvalue weighted by atomic mass is 9.77. The lowest BCUT2D eigenvalue weighted by molar-refractivity contribution is 0.422. The smallest absolute Gasteiger partial charge is 0.123 e. The highest BCUT2D eigenvalue weighted by molar-refractivity contribution is 5.85. The summed E-state index contributed by atoms with van der Waals surface area (Å²) in [7, 11) is 0. The molecular weight excluding hydrogens is 282 g/mol. The molecule has 3 N–H and O–H groups in total. The first-order chi connectivity index (χ1) is 8.98. The van der Waals surface area contributed by atoms with Gasteiger partial charge in [0.15, 0.2) is 0 Å². The van der Waals surface area contributed by atoms with E-state index in [1.54, 1.807) is 0 Å². The van der Waals surface area contributed by atoms with Crippen LogP contribution in [0.3, 0.4) is 0 Å². The van der Waals surface area contributed by atoms with Crippen LogP contribution in [0.1, 0.15) is 84.0 Å². The number of aromatic hydroxyl groups is 1. The van der Waals surface area contributed by atoms with Gasteiger partial charge in [0.2, 0.25) is 0 Å². The minimum absolute atomic E-state index is 0. The van der Waals surface area contributed by atoms with Crippen molar-refractivity contribution in [1.29, 1.82) is 0 Å². The summed E-state index contributed by atoms with van der Waals surface area (Å²) >= 11 is 0. The van der Waals surface area contributed by atoms with Gasteiger partial charge in [0.1, 0.15) is 5.75 Å². The molecule has 3 heteroatoms. The summed E-state index contributed by atoms with van der Waals surface area (Å²) < 4.78 is 0. The summed E-state index contributed by atoms with van der Waals surface area (Å²) in [5.74, 6) is 0.428. The average Bonchev–Trinajstić information content (AvgIpc) is 2.26. The molecule has 0 aliphatic heterocycles. The summed E-state index contributed by atoms with van der Waals surface area (Å²) in [5.41, 5.74) is 9.24. The number of halogens is 1. The van der Waals surface area contributed by atoms with E-state index in [9.17, 15) is 5.11 Å². The van der Waals surface area contributed by atoms with Gasteiger partial charge in [-0.05, 0) is 33.9 Å². The predicted octanol–water partition coefficient (Wildman–Crippen LogP) is 5.21. The zero-order valence-electron chi connectivity index (χ0n) is 14.6. The molecule has 0 spiro atoms.